The van der Waals surface area contributed by atoms with Gasteiger partial charge in [0.2, 0.25) is 5.91 Å². The lowest BCUT2D eigenvalue weighted by atomic mass is 10.0. The number of para-hydroxylation sites is 1. The zero-order chi connectivity index (χ0) is 17.1. The second kappa shape index (κ2) is 7.61. The fourth-order valence-corrected chi connectivity index (χ4v) is 4.49. The van der Waals surface area contributed by atoms with Gasteiger partial charge in [-0.1, -0.05) is 24.3 Å². The van der Waals surface area contributed by atoms with Gasteiger partial charge >= 0.3 is 0 Å². The molecule has 1 aliphatic carbocycles. The summed E-state index contributed by atoms with van der Waals surface area (Å²) < 4.78 is 0. The maximum absolute atomic E-state index is 12.7. The molecule has 1 unspecified atom stereocenters. The Kier molecular flexibility index (Phi) is 5.07. The molecule has 1 aromatic carbocycles. The number of piperidine rings is 1. The van der Waals surface area contributed by atoms with Gasteiger partial charge in [0.25, 0.3) is 0 Å². The summed E-state index contributed by atoms with van der Waals surface area (Å²) in [5.74, 6) is 0.310. The lowest BCUT2D eigenvalue weighted by Crippen LogP contribution is -2.56. The molecule has 4 nitrogen and oxygen atoms in total. The van der Waals surface area contributed by atoms with Crippen LogP contribution in [0.15, 0.2) is 42.0 Å². The molecule has 0 radical (unpaired) electrons. The number of rotatable bonds is 3. The Balaban J connectivity index is 1.32. The summed E-state index contributed by atoms with van der Waals surface area (Å²) in [6.45, 7) is 6.23. The van der Waals surface area contributed by atoms with Crippen LogP contribution in [0.1, 0.15) is 32.1 Å². The van der Waals surface area contributed by atoms with Crippen LogP contribution in [0, 0.1) is 0 Å². The highest BCUT2D eigenvalue weighted by Gasteiger charge is 2.31. The Labute approximate surface area is 151 Å². The molecule has 134 valence electrons. The van der Waals surface area contributed by atoms with Crippen LogP contribution in [0.3, 0.4) is 0 Å². The molecule has 0 saturated carbocycles. The zero-order valence-electron chi connectivity index (χ0n) is 15.1. The van der Waals surface area contributed by atoms with Crippen molar-refractivity contribution in [2.45, 2.75) is 38.1 Å². The van der Waals surface area contributed by atoms with E-state index in [1.54, 1.807) is 0 Å². The van der Waals surface area contributed by atoms with Gasteiger partial charge in [0.1, 0.15) is 0 Å². The minimum absolute atomic E-state index is 0.310. The molecular weight excluding hydrogens is 310 g/mol. The summed E-state index contributed by atoms with van der Waals surface area (Å²) in [7, 11) is 0. The highest BCUT2D eigenvalue weighted by atomic mass is 16.2. The van der Waals surface area contributed by atoms with Crippen molar-refractivity contribution < 1.29 is 4.79 Å². The minimum Gasteiger partial charge on any atom is -0.369 e. The predicted molar refractivity (Wildman–Crippen MR) is 102 cm³/mol. The van der Waals surface area contributed by atoms with E-state index in [2.05, 4.69) is 51.1 Å². The molecule has 1 aromatic rings. The standard InChI is InChI=1S/C21H29N3O/c25-21(18-7-4-5-8-18)24-12-6-11-20(17-24)23-15-13-22(14-16-23)19-9-2-1-3-10-19/h1-3,7,9-10,20H,4-6,8,11-17H2. The van der Waals surface area contributed by atoms with Crippen molar-refractivity contribution in [3.05, 3.63) is 42.0 Å². The smallest absolute Gasteiger partial charge is 0.249 e. The summed E-state index contributed by atoms with van der Waals surface area (Å²) in [5, 5.41) is 0. The van der Waals surface area contributed by atoms with Gasteiger partial charge in [-0.3, -0.25) is 9.69 Å². The molecule has 2 fully saturated rings. The van der Waals surface area contributed by atoms with Gasteiger partial charge in [-0.2, -0.15) is 0 Å². The highest BCUT2D eigenvalue weighted by Crippen LogP contribution is 2.24. The Morgan fingerprint density at radius 1 is 0.960 bits per heavy atom. The average molecular weight is 339 g/mol. The molecule has 4 rings (SSSR count). The molecule has 25 heavy (non-hydrogen) atoms. The summed E-state index contributed by atoms with van der Waals surface area (Å²) in [6.07, 6.45) is 7.75. The number of benzene rings is 1. The molecule has 2 saturated heterocycles. The number of hydrogen-bond acceptors (Lipinski definition) is 3. The second-order valence-corrected chi connectivity index (χ2v) is 7.53. The fraction of sp³-hybridized carbons (Fsp3) is 0.571. The first kappa shape index (κ1) is 16.6. The number of allylic oxidation sites excluding steroid dienone is 1. The van der Waals surface area contributed by atoms with E-state index in [-0.39, 0.29) is 0 Å². The first-order valence-corrected chi connectivity index (χ1v) is 9.83. The maximum Gasteiger partial charge on any atom is 0.249 e. The van der Waals surface area contributed by atoms with E-state index in [9.17, 15) is 4.79 Å². The van der Waals surface area contributed by atoms with Crippen molar-refractivity contribution >= 4 is 11.6 Å². The van der Waals surface area contributed by atoms with Gasteiger partial charge in [0.15, 0.2) is 0 Å². The summed E-state index contributed by atoms with van der Waals surface area (Å²) in [4.78, 5) is 19.9. The van der Waals surface area contributed by atoms with E-state index in [4.69, 9.17) is 0 Å². The van der Waals surface area contributed by atoms with E-state index in [1.165, 1.54) is 12.1 Å². The van der Waals surface area contributed by atoms with Crippen LogP contribution in [0.25, 0.3) is 0 Å². The van der Waals surface area contributed by atoms with Crippen LogP contribution in [0.2, 0.25) is 0 Å². The van der Waals surface area contributed by atoms with Crippen molar-refractivity contribution in [3.8, 4) is 0 Å². The van der Waals surface area contributed by atoms with Crippen LogP contribution in [-0.4, -0.2) is 61.0 Å². The molecule has 2 heterocycles. The summed E-state index contributed by atoms with van der Waals surface area (Å²) in [6, 6.07) is 11.2. The molecule has 3 aliphatic rings. The topological polar surface area (TPSA) is 26.8 Å². The summed E-state index contributed by atoms with van der Waals surface area (Å²) in [5.41, 5.74) is 2.39. The Bertz CT molecular complexity index is 619. The Morgan fingerprint density at radius 3 is 2.48 bits per heavy atom. The van der Waals surface area contributed by atoms with Gasteiger partial charge in [0, 0.05) is 56.6 Å². The molecule has 0 N–H and O–H groups in total. The van der Waals surface area contributed by atoms with Crippen molar-refractivity contribution in [1.29, 1.82) is 0 Å². The normalized spacial score (nSPS) is 25.1. The van der Waals surface area contributed by atoms with Gasteiger partial charge in [-0.15, -0.1) is 0 Å². The lowest BCUT2D eigenvalue weighted by Gasteiger charge is -2.44. The third kappa shape index (κ3) is 3.74. The number of amides is 1. The fourth-order valence-electron chi connectivity index (χ4n) is 4.49. The molecule has 1 amide bonds. The minimum atomic E-state index is 0.310. The Hall–Kier alpha value is -1.81. The first-order valence-electron chi connectivity index (χ1n) is 9.83. The molecule has 0 aromatic heterocycles. The van der Waals surface area contributed by atoms with Crippen LogP contribution in [0.5, 0.6) is 0 Å². The average Bonchev–Trinajstić information content (AvgIpc) is 3.23. The maximum atomic E-state index is 12.7. The van der Waals surface area contributed by atoms with Gasteiger partial charge in [-0.05, 0) is 44.2 Å². The molecule has 4 heteroatoms. The van der Waals surface area contributed by atoms with E-state index < -0.39 is 0 Å². The second-order valence-electron chi connectivity index (χ2n) is 7.53. The molecule has 1 atom stereocenters. The van der Waals surface area contributed by atoms with E-state index in [1.807, 2.05) is 0 Å². The molecule has 2 aliphatic heterocycles. The van der Waals surface area contributed by atoms with Crippen LogP contribution in [-0.2, 0) is 4.79 Å². The number of anilines is 1. The van der Waals surface area contributed by atoms with Crippen LogP contribution < -0.4 is 4.90 Å². The number of likely N-dealkylation sites (tertiary alicyclic amines) is 1. The zero-order valence-corrected chi connectivity index (χ0v) is 15.1. The Morgan fingerprint density at radius 2 is 1.76 bits per heavy atom. The van der Waals surface area contributed by atoms with Gasteiger partial charge < -0.3 is 9.80 Å². The van der Waals surface area contributed by atoms with Crippen molar-refractivity contribution in [2.24, 2.45) is 0 Å². The molecule has 0 spiro atoms. The first-order chi connectivity index (χ1) is 12.3. The number of carbonyl (C=O) groups excluding carboxylic acids is 1. The van der Waals surface area contributed by atoms with Gasteiger partial charge in [0.05, 0.1) is 0 Å². The van der Waals surface area contributed by atoms with E-state index in [0.717, 1.165) is 70.5 Å². The lowest BCUT2D eigenvalue weighted by molar-refractivity contribution is -0.129. The van der Waals surface area contributed by atoms with Crippen LogP contribution in [0.4, 0.5) is 5.69 Å². The number of piperazine rings is 1. The van der Waals surface area contributed by atoms with E-state index >= 15 is 0 Å². The predicted octanol–water partition coefficient (Wildman–Crippen LogP) is 2.91. The molecular formula is C21H29N3O. The van der Waals surface area contributed by atoms with Crippen molar-refractivity contribution in [2.75, 3.05) is 44.2 Å². The van der Waals surface area contributed by atoms with Gasteiger partial charge in [-0.25, -0.2) is 0 Å². The highest BCUT2D eigenvalue weighted by molar-refractivity contribution is 5.93. The monoisotopic (exact) mass is 339 g/mol. The largest absolute Gasteiger partial charge is 0.369 e. The van der Waals surface area contributed by atoms with Crippen molar-refractivity contribution in [1.82, 2.24) is 9.80 Å². The van der Waals surface area contributed by atoms with Crippen LogP contribution >= 0.6 is 0 Å². The van der Waals surface area contributed by atoms with Crippen molar-refractivity contribution in [3.63, 3.8) is 0 Å². The number of carbonyl (C=O) groups is 1. The third-order valence-electron chi connectivity index (χ3n) is 5.95. The SMILES string of the molecule is O=C(C1=CCCC1)N1CCCC(N2CCN(c3ccccc3)CC2)C1. The third-order valence-corrected chi connectivity index (χ3v) is 5.95. The molecule has 0 bridgehead atoms. The number of hydrogen-bond donors (Lipinski definition) is 0. The summed E-state index contributed by atoms with van der Waals surface area (Å²) >= 11 is 0. The number of nitrogens with zero attached hydrogens (tertiary/aromatic N) is 3. The quantitative estimate of drug-likeness (QED) is 0.847. The van der Waals surface area contributed by atoms with E-state index in [0.29, 0.717) is 11.9 Å².